The number of thiazole rings is 1. The van der Waals surface area contributed by atoms with Gasteiger partial charge in [-0.15, -0.1) is 0 Å². The minimum Gasteiger partial charge on any atom is -0.399 e. The fraction of sp³-hybridized carbons (Fsp3) is 0. The van der Waals surface area contributed by atoms with Crippen molar-refractivity contribution >= 4 is 64.0 Å². The van der Waals surface area contributed by atoms with Gasteiger partial charge >= 0.3 is 0 Å². The van der Waals surface area contributed by atoms with E-state index in [1.165, 1.54) is 35.7 Å². The zero-order chi connectivity index (χ0) is 13.3. The maximum absolute atomic E-state index is 12.1. The van der Waals surface area contributed by atoms with Crippen LogP contribution in [-0.4, -0.2) is 13.4 Å². The van der Waals surface area contributed by atoms with Gasteiger partial charge in [0.15, 0.2) is 5.13 Å². The van der Waals surface area contributed by atoms with E-state index in [0.717, 1.165) is 3.79 Å². The number of nitrogens with two attached hydrogens (primary N) is 1. The number of rotatable bonds is 3. The summed E-state index contributed by atoms with van der Waals surface area (Å²) in [7, 11) is -3.67. The highest BCUT2D eigenvalue weighted by molar-refractivity contribution is 9.11. The molecule has 3 N–H and O–H groups in total. The van der Waals surface area contributed by atoms with Gasteiger partial charge in [-0.3, -0.25) is 4.72 Å². The summed E-state index contributed by atoms with van der Waals surface area (Å²) < 4.78 is 27.8. The number of aromatic nitrogens is 1. The van der Waals surface area contributed by atoms with E-state index in [4.69, 9.17) is 5.73 Å². The van der Waals surface area contributed by atoms with Crippen LogP contribution < -0.4 is 10.5 Å². The highest BCUT2D eigenvalue weighted by atomic mass is 79.9. The summed E-state index contributed by atoms with van der Waals surface area (Å²) in [5.41, 5.74) is 6.05. The Hall–Kier alpha value is -0.640. The van der Waals surface area contributed by atoms with Crippen LogP contribution in [0.15, 0.2) is 37.6 Å². The van der Waals surface area contributed by atoms with Crippen molar-refractivity contribution in [1.29, 1.82) is 0 Å². The Labute approximate surface area is 125 Å². The van der Waals surface area contributed by atoms with Crippen molar-refractivity contribution in [3.05, 3.63) is 32.7 Å². The second-order valence-electron chi connectivity index (χ2n) is 3.26. The smallest absolute Gasteiger partial charge is 0.264 e. The first-order valence-corrected chi connectivity index (χ1v) is 8.46. The number of halogens is 2. The van der Waals surface area contributed by atoms with Gasteiger partial charge in [-0.1, -0.05) is 11.3 Å². The number of nitrogens with one attached hydrogen (secondary N) is 1. The Kier molecular flexibility index (Phi) is 3.95. The molecule has 1 aromatic carbocycles. The van der Waals surface area contributed by atoms with Crippen molar-refractivity contribution in [1.82, 2.24) is 4.98 Å². The molecule has 2 aromatic rings. The van der Waals surface area contributed by atoms with Gasteiger partial charge in [0.1, 0.15) is 4.90 Å². The van der Waals surface area contributed by atoms with Gasteiger partial charge in [-0.25, -0.2) is 13.4 Å². The minimum atomic E-state index is -3.67. The van der Waals surface area contributed by atoms with Crippen molar-refractivity contribution in [3.8, 4) is 0 Å². The van der Waals surface area contributed by atoms with Crippen LogP contribution in [0.25, 0.3) is 0 Å². The third-order valence-corrected chi connectivity index (χ3v) is 5.78. The molecule has 0 unspecified atom stereocenters. The summed E-state index contributed by atoms with van der Waals surface area (Å²) in [5, 5.41) is 0.297. The Morgan fingerprint density at radius 1 is 1.33 bits per heavy atom. The molecule has 2 rings (SSSR count). The highest BCUT2D eigenvalue weighted by Gasteiger charge is 2.19. The van der Waals surface area contributed by atoms with Crippen molar-refractivity contribution in [2.45, 2.75) is 4.90 Å². The molecule has 96 valence electrons. The zero-order valence-corrected chi connectivity index (χ0v) is 13.5. The van der Waals surface area contributed by atoms with E-state index in [1.54, 1.807) is 0 Å². The number of hydrogen-bond acceptors (Lipinski definition) is 5. The second-order valence-corrected chi connectivity index (χ2v) is 8.18. The normalized spacial score (nSPS) is 11.4. The van der Waals surface area contributed by atoms with Crippen molar-refractivity contribution in [3.63, 3.8) is 0 Å². The summed E-state index contributed by atoms with van der Waals surface area (Å²) in [4.78, 5) is 4.03. The third-order valence-electron chi connectivity index (χ3n) is 1.94. The molecule has 1 aromatic heterocycles. The van der Waals surface area contributed by atoms with Gasteiger partial charge in [0, 0.05) is 10.2 Å². The zero-order valence-electron chi connectivity index (χ0n) is 8.72. The lowest BCUT2D eigenvalue weighted by atomic mass is 10.3. The van der Waals surface area contributed by atoms with Crippen LogP contribution >= 0.6 is 43.2 Å². The van der Waals surface area contributed by atoms with E-state index in [9.17, 15) is 8.42 Å². The fourth-order valence-electron chi connectivity index (χ4n) is 1.21. The van der Waals surface area contributed by atoms with Crippen LogP contribution in [-0.2, 0) is 10.0 Å². The van der Waals surface area contributed by atoms with Gasteiger partial charge < -0.3 is 5.73 Å². The number of anilines is 2. The van der Waals surface area contributed by atoms with E-state index in [1.807, 2.05) is 0 Å². The van der Waals surface area contributed by atoms with Gasteiger partial charge in [-0.05, 0) is 50.1 Å². The molecule has 0 atom stereocenters. The number of nitrogen functional groups attached to an aromatic ring is 1. The highest BCUT2D eigenvalue weighted by Crippen LogP contribution is 2.29. The van der Waals surface area contributed by atoms with E-state index in [0.29, 0.717) is 15.3 Å². The molecule has 0 aliphatic rings. The predicted molar refractivity (Wildman–Crippen MR) is 79.2 cm³/mol. The summed E-state index contributed by atoms with van der Waals surface area (Å²) in [6.07, 6.45) is 1.53. The maximum Gasteiger partial charge on any atom is 0.264 e. The molecule has 0 saturated heterocycles. The third kappa shape index (κ3) is 3.02. The quantitative estimate of drug-likeness (QED) is 0.758. The summed E-state index contributed by atoms with van der Waals surface area (Å²) in [6, 6.07) is 4.49. The van der Waals surface area contributed by atoms with Crippen LogP contribution in [0.1, 0.15) is 0 Å². The van der Waals surface area contributed by atoms with Crippen LogP contribution in [0.4, 0.5) is 10.8 Å². The summed E-state index contributed by atoms with van der Waals surface area (Å²) in [6.45, 7) is 0. The van der Waals surface area contributed by atoms with Crippen LogP contribution in [0.5, 0.6) is 0 Å². The Morgan fingerprint density at radius 3 is 2.61 bits per heavy atom. The molecule has 9 heteroatoms. The first kappa shape index (κ1) is 13.8. The first-order chi connectivity index (χ1) is 8.38. The lowest BCUT2D eigenvalue weighted by Gasteiger charge is -2.07. The minimum absolute atomic E-state index is 0.114. The molecule has 18 heavy (non-hydrogen) atoms. The number of benzene rings is 1. The summed E-state index contributed by atoms with van der Waals surface area (Å²) >= 11 is 7.58. The first-order valence-electron chi connectivity index (χ1n) is 4.57. The molecule has 0 saturated carbocycles. The van der Waals surface area contributed by atoms with E-state index in [-0.39, 0.29) is 4.90 Å². The van der Waals surface area contributed by atoms with Gasteiger partial charge in [-0.2, -0.15) is 0 Å². The molecule has 0 bridgehead atoms. The van der Waals surface area contributed by atoms with Crippen molar-refractivity contribution in [2.75, 3.05) is 10.5 Å². The van der Waals surface area contributed by atoms with Crippen molar-refractivity contribution < 1.29 is 8.42 Å². The lowest BCUT2D eigenvalue weighted by Crippen LogP contribution is -2.13. The largest absolute Gasteiger partial charge is 0.399 e. The maximum atomic E-state index is 12.1. The molecule has 1 heterocycles. The molecule has 0 radical (unpaired) electrons. The average Bonchev–Trinajstić information content (AvgIpc) is 2.62. The average molecular weight is 413 g/mol. The Bertz CT molecular complexity index is 685. The molecular weight excluding hydrogens is 406 g/mol. The fourth-order valence-corrected chi connectivity index (χ4v) is 4.65. The molecular formula is C9H7Br2N3O2S2. The summed E-state index contributed by atoms with van der Waals surface area (Å²) in [5.74, 6) is 0. The second kappa shape index (κ2) is 5.16. The van der Waals surface area contributed by atoms with E-state index >= 15 is 0 Å². The number of sulfonamides is 1. The predicted octanol–water partition coefficient (Wildman–Crippen LogP) is 3.05. The van der Waals surface area contributed by atoms with Gasteiger partial charge in [0.25, 0.3) is 10.0 Å². The Balaban J connectivity index is 2.36. The van der Waals surface area contributed by atoms with Gasteiger partial charge in [0.05, 0.1) is 9.98 Å². The van der Waals surface area contributed by atoms with Gasteiger partial charge in [0.2, 0.25) is 0 Å². The molecule has 0 amide bonds. The topological polar surface area (TPSA) is 85.1 Å². The number of hydrogen-bond donors (Lipinski definition) is 2. The molecule has 0 aliphatic heterocycles. The van der Waals surface area contributed by atoms with Crippen LogP contribution in [0.2, 0.25) is 0 Å². The van der Waals surface area contributed by atoms with Crippen LogP contribution in [0.3, 0.4) is 0 Å². The monoisotopic (exact) mass is 411 g/mol. The SMILES string of the molecule is Nc1ccc(S(=O)(=O)Nc2ncc(Br)s2)c(Br)c1. The Morgan fingerprint density at radius 2 is 2.06 bits per heavy atom. The standard InChI is InChI=1S/C9H7Br2N3O2S2/c10-6-3-5(12)1-2-7(6)18(15,16)14-9-13-4-8(11)17-9/h1-4H,12H2,(H,13,14). The molecule has 5 nitrogen and oxygen atoms in total. The van der Waals surface area contributed by atoms with E-state index in [2.05, 4.69) is 41.6 Å². The van der Waals surface area contributed by atoms with E-state index < -0.39 is 10.0 Å². The molecule has 0 fully saturated rings. The molecule has 0 aliphatic carbocycles. The molecule has 0 spiro atoms. The van der Waals surface area contributed by atoms with Crippen molar-refractivity contribution in [2.24, 2.45) is 0 Å². The lowest BCUT2D eigenvalue weighted by molar-refractivity contribution is 0.601. The van der Waals surface area contributed by atoms with Crippen LogP contribution in [0, 0.1) is 0 Å². The number of nitrogens with zero attached hydrogens (tertiary/aromatic N) is 1.